The maximum atomic E-state index is 13.4. The number of halogens is 1. The van der Waals surface area contributed by atoms with Crippen molar-refractivity contribution >= 4 is 45.5 Å². The molecule has 1 unspecified atom stereocenters. The predicted molar refractivity (Wildman–Crippen MR) is 131 cm³/mol. The quantitative estimate of drug-likeness (QED) is 0.489. The van der Waals surface area contributed by atoms with Crippen LogP contribution >= 0.6 is 27.7 Å². The first-order valence-corrected chi connectivity index (χ1v) is 12.3. The van der Waals surface area contributed by atoms with Crippen LogP contribution in [0.1, 0.15) is 37.6 Å². The summed E-state index contributed by atoms with van der Waals surface area (Å²) in [5.74, 6) is -1.68. The Balaban J connectivity index is 1.96. The summed E-state index contributed by atoms with van der Waals surface area (Å²) in [4.78, 5) is 41.6. The molecule has 0 N–H and O–H groups in total. The van der Waals surface area contributed by atoms with Gasteiger partial charge in [0.25, 0.3) is 5.91 Å². The molecule has 0 aliphatic carbocycles. The number of amides is 1. The van der Waals surface area contributed by atoms with Gasteiger partial charge in [-0.3, -0.25) is 9.59 Å². The summed E-state index contributed by atoms with van der Waals surface area (Å²) in [6.07, 6.45) is 0.00127. The molecule has 2 aromatic rings. The van der Waals surface area contributed by atoms with Crippen LogP contribution in [0.4, 0.5) is 0 Å². The maximum absolute atomic E-state index is 13.4. The highest BCUT2D eigenvalue weighted by Gasteiger charge is 2.50. The number of hydrogen-bond acceptors (Lipinski definition) is 6. The molecule has 2 aromatic carbocycles. The van der Waals surface area contributed by atoms with Crippen molar-refractivity contribution in [3.05, 3.63) is 64.6 Å². The standard InChI is InChI=1S/C25H28BrNO5S/c1-25(2,3)32-21(28)14-19-20(33-18-12-8-11-17(26)13-18)15-27(22(19)24(30)31-4)23(29)16-9-6-5-7-10-16/h5-13,19-20,22H,14-15H2,1-4H3/t19-,20?,22-/m0/s1. The molecule has 1 amide bonds. The van der Waals surface area contributed by atoms with E-state index in [2.05, 4.69) is 15.9 Å². The average Bonchev–Trinajstić information content (AvgIpc) is 3.09. The van der Waals surface area contributed by atoms with Crippen LogP contribution in [0, 0.1) is 5.92 Å². The van der Waals surface area contributed by atoms with Crippen LogP contribution in [-0.4, -0.2) is 53.3 Å². The SMILES string of the molecule is COC(=O)[C@@H]1[C@@H](CC(=O)OC(C)(C)C)C(Sc2cccc(Br)c2)CN1C(=O)c1ccccc1. The van der Waals surface area contributed by atoms with Gasteiger partial charge in [-0.1, -0.05) is 40.2 Å². The molecule has 6 nitrogen and oxygen atoms in total. The minimum absolute atomic E-state index is 0.00127. The van der Waals surface area contributed by atoms with E-state index in [4.69, 9.17) is 9.47 Å². The molecule has 0 saturated carbocycles. The third-order valence-electron chi connectivity index (χ3n) is 5.23. The van der Waals surface area contributed by atoms with Gasteiger partial charge in [-0.15, -0.1) is 11.8 Å². The van der Waals surface area contributed by atoms with E-state index in [0.29, 0.717) is 12.1 Å². The lowest BCUT2D eigenvalue weighted by Gasteiger charge is -2.27. The second-order valence-electron chi connectivity index (χ2n) is 8.86. The molecule has 1 aliphatic rings. The number of benzene rings is 2. The van der Waals surface area contributed by atoms with Gasteiger partial charge in [0.2, 0.25) is 0 Å². The molecule has 1 heterocycles. The monoisotopic (exact) mass is 533 g/mol. The normalized spacial score (nSPS) is 20.4. The van der Waals surface area contributed by atoms with E-state index in [-0.39, 0.29) is 17.6 Å². The zero-order valence-corrected chi connectivity index (χ0v) is 21.5. The molecule has 8 heteroatoms. The number of rotatable bonds is 6. The van der Waals surface area contributed by atoms with Gasteiger partial charge in [0.15, 0.2) is 0 Å². The minimum Gasteiger partial charge on any atom is -0.467 e. The Hall–Kier alpha value is -2.32. The van der Waals surface area contributed by atoms with Crippen LogP contribution in [-0.2, 0) is 19.1 Å². The lowest BCUT2D eigenvalue weighted by Crippen LogP contribution is -2.44. The molecule has 1 saturated heterocycles. The smallest absolute Gasteiger partial charge is 0.328 e. The number of ether oxygens (including phenoxy) is 2. The molecular weight excluding hydrogens is 506 g/mol. The molecule has 3 rings (SSSR count). The summed E-state index contributed by atoms with van der Waals surface area (Å²) in [7, 11) is 1.30. The first-order valence-electron chi connectivity index (χ1n) is 10.7. The number of nitrogens with zero attached hydrogens (tertiary/aromatic N) is 1. The number of hydrogen-bond donors (Lipinski definition) is 0. The molecule has 3 atom stereocenters. The maximum Gasteiger partial charge on any atom is 0.328 e. The molecule has 0 radical (unpaired) electrons. The van der Waals surface area contributed by atoms with Crippen molar-refractivity contribution in [2.24, 2.45) is 5.92 Å². The Kier molecular flexibility index (Phi) is 8.23. The average molecular weight is 534 g/mol. The largest absolute Gasteiger partial charge is 0.467 e. The van der Waals surface area contributed by atoms with Crippen molar-refractivity contribution < 1.29 is 23.9 Å². The molecule has 0 aromatic heterocycles. The summed E-state index contributed by atoms with van der Waals surface area (Å²) < 4.78 is 11.6. The molecule has 0 spiro atoms. The third kappa shape index (κ3) is 6.60. The minimum atomic E-state index is -0.889. The van der Waals surface area contributed by atoms with E-state index >= 15 is 0 Å². The van der Waals surface area contributed by atoms with Gasteiger partial charge in [-0.25, -0.2) is 4.79 Å². The second-order valence-corrected chi connectivity index (χ2v) is 11.1. The van der Waals surface area contributed by atoms with Gasteiger partial charge in [-0.05, 0) is 51.1 Å². The Morgan fingerprint density at radius 2 is 1.79 bits per heavy atom. The molecule has 1 aliphatic heterocycles. The highest BCUT2D eigenvalue weighted by molar-refractivity contribution is 9.10. The third-order valence-corrected chi connectivity index (χ3v) is 7.05. The van der Waals surface area contributed by atoms with E-state index in [9.17, 15) is 14.4 Å². The summed E-state index contributed by atoms with van der Waals surface area (Å²) in [5.41, 5.74) is -0.168. The lowest BCUT2D eigenvalue weighted by atomic mass is 9.95. The van der Waals surface area contributed by atoms with Gasteiger partial charge < -0.3 is 14.4 Å². The topological polar surface area (TPSA) is 72.9 Å². The second kappa shape index (κ2) is 10.7. The van der Waals surface area contributed by atoms with E-state index in [0.717, 1.165) is 9.37 Å². The summed E-state index contributed by atoms with van der Waals surface area (Å²) in [5, 5.41) is -0.205. The van der Waals surface area contributed by atoms with Crippen molar-refractivity contribution in [3.63, 3.8) is 0 Å². The van der Waals surface area contributed by atoms with Crippen LogP contribution < -0.4 is 0 Å². The Morgan fingerprint density at radius 3 is 2.39 bits per heavy atom. The Bertz CT molecular complexity index is 1010. The van der Waals surface area contributed by atoms with E-state index in [1.165, 1.54) is 12.0 Å². The van der Waals surface area contributed by atoms with Crippen LogP contribution in [0.2, 0.25) is 0 Å². The molecule has 1 fully saturated rings. The van der Waals surface area contributed by atoms with Crippen LogP contribution in [0.25, 0.3) is 0 Å². The van der Waals surface area contributed by atoms with Crippen molar-refractivity contribution in [1.82, 2.24) is 4.90 Å². The zero-order chi connectivity index (χ0) is 24.2. The van der Waals surface area contributed by atoms with Crippen molar-refractivity contribution in [2.75, 3.05) is 13.7 Å². The summed E-state index contributed by atoms with van der Waals surface area (Å²) in [6, 6.07) is 15.7. The predicted octanol–water partition coefficient (Wildman–Crippen LogP) is 4.96. The zero-order valence-electron chi connectivity index (χ0n) is 19.1. The van der Waals surface area contributed by atoms with E-state index in [1.54, 1.807) is 56.8 Å². The van der Waals surface area contributed by atoms with Crippen LogP contribution in [0.3, 0.4) is 0 Å². The van der Waals surface area contributed by atoms with Crippen molar-refractivity contribution in [3.8, 4) is 0 Å². The molecule has 0 bridgehead atoms. The number of carbonyl (C=O) groups is 3. The van der Waals surface area contributed by atoms with E-state index < -0.39 is 29.5 Å². The first-order chi connectivity index (χ1) is 15.6. The first kappa shape index (κ1) is 25.3. The van der Waals surface area contributed by atoms with Gasteiger partial charge in [0.1, 0.15) is 11.6 Å². The number of esters is 2. The highest BCUT2D eigenvalue weighted by atomic mass is 79.9. The van der Waals surface area contributed by atoms with Gasteiger partial charge in [-0.2, -0.15) is 0 Å². The number of carbonyl (C=O) groups excluding carboxylic acids is 3. The van der Waals surface area contributed by atoms with Crippen molar-refractivity contribution in [2.45, 2.75) is 49.0 Å². The fourth-order valence-electron chi connectivity index (χ4n) is 3.91. The fraction of sp³-hybridized carbons (Fsp3) is 0.400. The molecule has 33 heavy (non-hydrogen) atoms. The number of thioether (sulfide) groups is 1. The van der Waals surface area contributed by atoms with Crippen LogP contribution in [0.5, 0.6) is 0 Å². The molecule has 176 valence electrons. The number of methoxy groups -OCH3 is 1. The Labute approximate surface area is 207 Å². The highest BCUT2D eigenvalue weighted by Crippen LogP contribution is 2.41. The van der Waals surface area contributed by atoms with E-state index in [1.807, 2.05) is 30.3 Å². The van der Waals surface area contributed by atoms with Crippen molar-refractivity contribution in [1.29, 1.82) is 0 Å². The Morgan fingerprint density at radius 1 is 1.09 bits per heavy atom. The van der Waals surface area contributed by atoms with Gasteiger partial charge in [0.05, 0.1) is 13.5 Å². The summed E-state index contributed by atoms with van der Waals surface area (Å²) >= 11 is 5.03. The number of likely N-dealkylation sites (tertiary alicyclic amines) is 1. The van der Waals surface area contributed by atoms with Gasteiger partial charge in [0, 0.05) is 32.6 Å². The van der Waals surface area contributed by atoms with Gasteiger partial charge >= 0.3 is 11.9 Å². The summed E-state index contributed by atoms with van der Waals surface area (Å²) in [6.45, 7) is 5.71. The molecular formula is C25H28BrNO5S. The van der Waals surface area contributed by atoms with Crippen LogP contribution in [0.15, 0.2) is 64.0 Å². The fourth-order valence-corrected chi connectivity index (χ4v) is 5.82. The lowest BCUT2D eigenvalue weighted by molar-refractivity contribution is -0.157.